The predicted molar refractivity (Wildman–Crippen MR) is 66.0 cm³/mol. The molecular formula is C15H26O. The van der Waals surface area contributed by atoms with Crippen LogP contribution in [-0.4, -0.2) is 10.7 Å². The molecule has 1 N–H and O–H groups in total. The first kappa shape index (κ1) is 11.1. The Balaban J connectivity index is 1.92. The highest BCUT2D eigenvalue weighted by atomic mass is 16.3. The Morgan fingerprint density at radius 3 is 2.50 bits per heavy atom. The fourth-order valence-electron chi connectivity index (χ4n) is 5.57. The predicted octanol–water partition coefficient (Wildman–Crippen LogP) is 3.47. The third kappa shape index (κ3) is 1.11. The molecule has 0 bridgehead atoms. The van der Waals surface area contributed by atoms with Gasteiger partial charge in [0.15, 0.2) is 0 Å². The van der Waals surface area contributed by atoms with Crippen molar-refractivity contribution in [3.05, 3.63) is 0 Å². The molecule has 0 aromatic rings. The lowest BCUT2D eigenvalue weighted by molar-refractivity contribution is 0.0291. The Hall–Kier alpha value is -0.0400. The van der Waals surface area contributed by atoms with E-state index in [1.54, 1.807) is 0 Å². The average Bonchev–Trinajstić information content (AvgIpc) is 2.79. The Kier molecular flexibility index (Phi) is 2.11. The zero-order valence-corrected chi connectivity index (χ0v) is 11.2. The van der Waals surface area contributed by atoms with Crippen molar-refractivity contribution in [2.24, 2.45) is 35.0 Å². The molecule has 0 heterocycles. The van der Waals surface area contributed by atoms with Crippen LogP contribution in [0.2, 0.25) is 0 Å². The second-order valence-corrected chi connectivity index (χ2v) is 7.36. The molecule has 0 aromatic carbocycles. The van der Waals surface area contributed by atoms with Gasteiger partial charge in [-0.15, -0.1) is 0 Å². The summed E-state index contributed by atoms with van der Waals surface area (Å²) in [6.45, 7) is 9.27. The first-order valence-corrected chi connectivity index (χ1v) is 7.13. The van der Waals surface area contributed by atoms with Crippen molar-refractivity contribution in [2.45, 2.75) is 59.0 Å². The van der Waals surface area contributed by atoms with Gasteiger partial charge >= 0.3 is 0 Å². The lowest BCUT2D eigenvalue weighted by atomic mass is 9.69. The van der Waals surface area contributed by atoms with E-state index in [0.717, 1.165) is 30.1 Å². The Bertz CT molecular complexity index is 307. The fraction of sp³-hybridized carbons (Fsp3) is 1.00. The maximum Gasteiger partial charge on any atom is 0.0656 e. The minimum absolute atomic E-state index is 0.351. The summed E-state index contributed by atoms with van der Waals surface area (Å²) in [6, 6.07) is 0. The third-order valence-electron chi connectivity index (χ3n) is 6.35. The topological polar surface area (TPSA) is 20.2 Å². The number of rotatable bonds is 1. The first-order valence-electron chi connectivity index (χ1n) is 7.13. The molecule has 1 spiro atoms. The van der Waals surface area contributed by atoms with Crippen LogP contribution in [0.3, 0.4) is 0 Å². The van der Waals surface area contributed by atoms with Crippen LogP contribution < -0.4 is 0 Å². The molecule has 92 valence electrons. The second kappa shape index (κ2) is 3.04. The zero-order chi connectivity index (χ0) is 11.7. The van der Waals surface area contributed by atoms with E-state index in [1.165, 1.54) is 19.3 Å². The van der Waals surface area contributed by atoms with Gasteiger partial charge in [0, 0.05) is 0 Å². The first-order chi connectivity index (χ1) is 7.41. The van der Waals surface area contributed by atoms with Gasteiger partial charge in [-0.3, -0.25) is 0 Å². The molecular weight excluding hydrogens is 196 g/mol. The monoisotopic (exact) mass is 222 g/mol. The van der Waals surface area contributed by atoms with Gasteiger partial charge in [0.05, 0.1) is 5.60 Å². The lowest BCUT2D eigenvalue weighted by Gasteiger charge is -2.36. The highest BCUT2D eigenvalue weighted by Gasteiger charge is 2.77. The summed E-state index contributed by atoms with van der Waals surface area (Å²) in [6.07, 6.45) is 5.13. The van der Waals surface area contributed by atoms with Gasteiger partial charge in [-0.05, 0) is 67.6 Å². The van der Waals surface area contributed by atoms with Gasteiger partial charge in [-0.2, -0.15) is 0 Å². The van der Waals surface area contributed by atoms with E-state index in [-0.39, 0.29) is 5.60 Å². The average molecular weight is 222 g/mol. The van der Waals surface area contributed by atoms with E-state index in [4.69, 9.17) is 0 Å². The molecule has 1 heteroatoms. The molecule has 3 aliphatic carbocycles. The van der Waals surface area contributed by atoms with Crippen molar-refractivity contribution >= 4 is 0 Å². The van der Waals surface area contributed by atoms with Crippen molar-refractivity contribution in [2.75, 3.05) is 0 Å². The van der Waals surface area contributed by atoms with Crippen LogP contribution in [-0.2, 0) is 0 Å². The smallest absolute Gasteiger partial charge is 0.0656 e. The van der Waals surface area contributed by atoms with Crippen molar-refractivity contribution < 1.29 is 5.11 Å². The van der Waals surface area contributed by atoms with Crippen LogP contribution in [0.5, 0.6) is 0 Å². The molecule has 0 aromatic heterocycles. The summed E-state index contributed by atoms with van der Waals surface area (Å²) in [7, 11) is 0. The largest absolute Gasteiger partial charge is 0.390 e. The minimum Gasteiger partial charge on any atom is -0.390 e. The quantitative estimate of drug-likeness (QED) is 0.720. The van der Waals surface area contributed by atoms with Gasteiger partial charge in [-0.1, -0.05) is 20.8 Å². The molecule has 0 saturated heterocycles. The molecule has 3 saturated carbocycles. The molecule has 0 aliphatic heterocycles. The number of fused-ring (bicyclic) bond motifs is 1. The number of hydrogen-bond donors (Lipinski definition) is 1. The van der Waals surface area contributed by atoms with Gasteiger partial charge in [0.25, 0.3) is 0 Å². The summed E-state index contributed by atoms with van der Waals surface area (Å²) in [5.41, 5.74) is 0.201. The summed E-state index contributed by atoms with van der Waals surface area (Å²) in [5.74, 6) is 4.01. The van der Waals surface area contributed by atoms with Crippen LogP contribution >= 0.6 is 0 Å². The highest BCUT2D eigenvalue weighted by molar-refractivity contribution is 5.26. The Morgan fingerprint density at radius 2 is 1.88 bits per heavy atom. The Labute approximate surface area is 99.6 Å². The van der Waals surface area contributed by atoms with Crippen LogP contribution in [0, 0.1) is 35.0 Å². The summed E-state index contributed by atoms with van der Waals surface area (Å²) < 4.78 is 0. The molecule has 16 heavy (non-hydrogen) atoms. The standard InChI is InChI=1S/C15H26O/c1-9(2)11-6-5-10(3)15-8-7-14(4,16)13(15)12(11)15/h9-13,16H,5-8H2,1-4H3/t10-,11+,12-,13+,14+,15?/m0/s1. The number of aliphatic hydroxyl groups is 1. The number of hydrogen-bond acceptors (Lipinski definition) is 1. The van der Waals surface area contributed by atoms with E-state index in [0.29, 0.717) is 11.3 Å². The van der Waals surface area contributed by atoms with Crippen LogP contribution in [0.4, 0.5) is 0 Å². The normalized spacial score (nSPS) is 59.6. The van der Waals surface area contributed by atoms with Crippen LogP contribution in [0.15, 0.2) is 0 Å². The fourth-order valence-corrected chi connectivity index (χ4v) is 5.57. The summed E-state index contributed by atoms with van der Waals surface area (Å²) in [4.78, 5) is 0. The van der Waals surface area contributed by atoms with E-state index < -0.39 is 0 Å². The molecule has 0 radical (unpaired) electrons. The zero-order valence-electron chi connectivity index (χ0n) is 11.2. The van der Waals surface area contributed by atoms with Crippen LogP contribution in [0.1, 0.15) is 53.4 Å². The summed E-state index contributed by atoms with van der Waals surface area (Å²) in [5, 5.41) is 10.5. The van der Waals surface area contributed by atoms with Gasteiger partial charge in [0.1, 0.15) is 0 Å². The van der Waals surface area contributed by atoms with E-state index in [1.807, 2.05) is 0 Å². The van der Waals surface area contributed by atoms with Crippen molar-refractivity contribution in [1.29, 1.82) is 0 Å². The van der Waals surface area contributed by atoms with Gasteiger partial charge in [0.2, 0.25) is 0 Å². The second-order valence-electron chi connectivity index (χ2n) is 7.36. The Morgan fingerprint density at radius 1 is 1.19 bits per heavy atom. The molecule has 3 fully saturated rings. The molecule has 1 unspecified atom stereocenters. The molecule has 3 rings (SSSR count). The van der Waals surface area contributed by atoms with Crippen molar-refractivity contribution in [1.82, 2.24) is 0 Å². The van der Waals surface area contributed by atoms with Crippen molar-refractivity contribution in [3.63, 3.8) is 0 Å². The molecule has 6 atom stereocenters. The molecule has 1 nitrogen and oxygen atoms in total. The van der Waals surface area contributed by atoms with Crippen molar-refractivity contribution in [3.8, 4) is 0 Å². The van der Waals surface area contributed by atoms with E-state index in [9.17, 15) is 5.11 Å². The van der Waals surface area contributed by atoms with Crippen LogP contribution in [0.25, 0.3) is 0 Å². The van der Waals surface area contributed by atoms with E-state index in [2.05, 4.69) is 27.7 Å². The van der Waals surface area contributed by atoms with Gasteiger partial charge < -0.3 is 5.11 Å². The van der Waals surface area contributed by atoms with E-state index >= 15 is 0 Å². The highest BCUT2D eigenvalue weighted by Crippen LogP contribution is 2.80. The SMILES string of the molecule is CC(C)[C@H]1CC[C@H](C)C23CC[C@@](C)(O)[C@H]2[C@H]13. The maximum absolute atomic E-state index is 10.5. The minimum atomic E-state index is -0.351. The maximum atomic E-state index is 10.5. The molecule has 3 aliphatic rings. The summed E-state index contributed by atoms with van der Waals surface area (Å²) >= 11 is 0. The third-order valence-corrected chi connectivity index (χ3v) is 6.35. The lowest BCUT2D eigenvalue weighted by Crippen LogP contribution is -2.30. The van der Waals surface area contributed by atoms with Gasteiger partial charge in [-0.25, -0.2) is 0 Å². The molecule has 0 amide bonds.